The first-order chi connectivity index (χ1) is 14.3. The van der Waals surface area contributed by atoms with Gasteiger partial charge in [0.05, 0.1) is 16.2 Å². The lowest BCUT2D eigenvalue weighted by Gasteiger charge is -2.16. The number of nitrogens with one attached hydrogen (secondary N) is 2. The Labute approximate surface area is 179 Å². The number of halogens is 1. The second-order valence-electron chi connectivity index (χ2n) is 7.30. The molecule has 10 heteroatoms. The number of hydrogen-bond acceptors (Lipinski definition) is 5. The van der Waals surface area contributed by atoms with Gasteiger partial charge in [-0.05, 0) is 55.0 Å². The van der Waals surface area contributed by atoms with E-state index in [1.807, 2.05) is 24.3 Å². The van der Waals surface area contributed by atoms with E-state index in [0.29, 0.717) is 35.4 Å². The van der Waals surface area contributed by atoms with Crippen molar-refractivity contribution in [3.8, 4) is 5.69 Å². The van der Waals surface area contributed by atoms with Crippen LogP contribution in [-0.4, -0.2) is 31.1 Å². The fraction of sp³-hybridized carbons (Fsp3) is 0.300. The van der Waals surface area contributed by atoms with Crippen molar-refractivity contribution in [2.45, 2.75) is 25.2 Å². The van der Waals surface area contributed by atoms with Gasteiger partial charge in [0.15, 0.2) is 0 Å². The van der Waals surface area contributed by atoms with E-state index in [4.69, 9.17) is 16.7 Å². The van der Waals surface area contributed by atoms with Crippen molar-refractivity contribution < 1.29 is 8.42 Å². The molecule has 4 rings (SSSR count). The Morgan fingerprint density at radius 3 is 2.63 bits per heavy atom. The highest BCUT2D eigenvalue weighted by Crippen LogP contribution is 2.41. The van der Waals surface area contributed by atoms with Gasteiger partial charge >= 0.3 is 5.69 Å². The first kappa shape index (κ1) is 20.8. The van der Waals surface area contributed by atoms with Crippen LogP contribution in [0.15, 0.2) is 47.3 Å². The number of para-hydroxylation sites is 1. The minimum Gasteiger partial charge on any atom is -0.369 e. The van der Waals surface area contributed by atoms with Crippen LogP contribution in [0.3, 0.4) is 0 Å². The molecule has 0 bridgehead atoms. The Morgan fingerprint density at radius 1 is 1.17 bits per heavy atom. The zero-order chi connectivity index (χ0) is 21.3. The SMILES string of the molecule is NS(=O)(=O)NCCCNc1nc(=O)n(-c2ccccc2Cl)c2cc(C3CC3)ccc12. The first-order valence-electron chi connectivity index (χ1n) is 9.66. The molecule has 30 heavy (non-hydrogen) atoms. The van der Waals surface area contributed by atoms with E-state index >= 15 is 0 Å². The Balaban J connectivity index is 1.71. The van der Waals surface area contributed by atoms with Gasteiger partial charge in [-0.3, -0.25) is 4.57 Å². The largest absolute Gasteiger partial charge is 0.369 e. The van der Waals surface area contributed by atoms with Gasteiger partial charge in [-0.25, -0.2) is 14.7 Å². The number of benzene rings is 2. The van der Waals surface area contributed by atoms with Crippen LogP contribution in [0.25, 0.3) is 16.6 Å². The van der Waals surface area contributed by atoms with Crippen molar-refractivity contribution in [3.63, 3.8) is 0 Å². The first-order valence-corrected chi connectivity index (χ1v) is 11.6. The minimum absolute atomic E-state index is 0.187. The average Bonchev–Trinajstić information content (AvgIpc) is 3.53. The minimum atomic E-state index is -3.72. The normalized spacial score (nSPS) is 14.2. The van der Waals surface area contributed by atoms with Gasteiger partial charge in [0.2, 0.25) is 0 Å². The maximum atomic E-state index is 13.0. The summed E-state index contributed by atoms with van der Waals surface area (Å²) in [7, 11) is -3.72. The smallest absolute Gasteiger partial charge is 0.354 e. The van der Waals surface area contributed by atoms with Crippen molar-refractivity contribution in [2.75, 3.05) is 18.4 Å². The molecule has 0 aliphatic heterocycles. The third-order valence-electron chi connectivity index (χ3n) is 5.01. The lowest BCUT2D eigenvalue weighted by atomic mass is 10.1. The Kier molecular flexibility index (Phi) is 5.79. The zero-order valence-corrected chi connectivity index (χ0v) is 17.7. The van der Waals surface area contributed by atoms with E-state index in [2.05, 4.69) is 21.1 Å². The third kappa shape index (κ3) is 4.65. The van der Waals surface area contributed by atoms with Crippen LogP contribution in [0.4, 0.5) is 5.82 Å². The highest BCUT2D eigenvalue weighted by Gasteiger charge is 2.24. The third-order valence-corrected chi connectivity index (χ3v) is 5.93. The number of rotatable bonds is 8. The molecule has 1 heterocycles. The quantitative estimate of drug-likeness (QED) is 0.458. The number of anilines is 1. The van der Waals surface area contributed by atoms with Gasteiger partial charge in [-0.2, -0.15) is 13.4 Å². The molecule has 158 valence electrons. The molecule has 3 aromatic rings. The summed E-state index contributed by atoms with van der Waals surface area (Å²) in [6.07, 6.45) is 2.78. The van der Waals surface area contributed by atoms with Gasteiger partial charge in [-0.15, -0.1) is 0 Å². The molecular weight excluding hydrogens is 426 g/mol. The van der Waals surface area contributed by atoms with Crippen LogP contribution < -0.4 is 20.9 Å². The fourth-order valence-corrected chi connectivity index (χ4v) is 4.07. The van der Waals surface area contributed by atoms with Gasteiger partial charge < -0.3 is 5.32 Å². The summed E-state index contributed by atoms with van der Waals surface area (Å²) in [6.45, 7) is 0.608. The van der Waals surface area contributed by atoms with E-state index in [9.17, 15) is 13.2 Å². The number of fused-ring (bicyclic) bond motifs is 1. The van der Waals surface area contributed by atoms with E-state index in [1.165, 1.54) is 10.1 Å². The van der Waals surface area contributed by atoms with Crippen molar-refractivity contribution in [1.29, 1.82) is 0 Å². The van der Waals surface area contributed by atoms with Crippen LogP contribution in [0.5, 0.6) is 0 Å². The fourth-order valence-electron chi connectivity index (χ4n) is 3.42. The maximum absolute atomic E-state index is 13.0. The molecule has 0 amide bonds. The lowest BCUT2D eigenvalue weighted by molar-refractivity contribution is 0.582. The van der Waals surface area contributed by atoms with E-state index in [0.717, 1.165) is 23.7 Å². The van der Waals surface area contributed by atoms with E-state index in [1.54, 1.807) is 12.1 Å². The summed E-state index contributed by atoms with van der Waals surface area (Å²) in [6, 6.07) is 13.2. The highest BCUT2D eigenvalue weighted by atomic mass is 35.5. The molecule has 1 aromatic heterocycles. The highest BCUT2D eigenvalue weighted by molar-refractivity contribution is 7.87. The predicted molar refractivity (Wildman–Crippen MR) is 119 cm³/mol. The Hall–Kier alpha value is -2.46. The molecule has 1 aliphatic rings. The predicted octanol–water partition coefficient (Wildman–Crippen LogP) is 2.51. The van der Waals surface area contributed by atoms with E-state index in [-0.39, 0.29) is 6.54 Å². The summed E-state index contributed by atoms with van der Waals surface area (Å²) < 4.78 is 25.7. The molecular formula is C20H22ClN5O3S. The summed E-state index contributed by atoms with van der Waals surface area (Å²) in [5, 5.41) is 9.32. The summed E-state index contributed by atoms with van der Waals surface area (Å²) in [4.78, 5) is 17.2. The van der Waals surface area contributed by atoms with Crippen LogP contribution in [0.2, 0.25) is 5.02 Å². The number of hydrogen-bond donors (Lipinski definition) is 3. The number of nitrogens with zero attached hydrogens (tertiary/aromatic N) is 2. The van der Waals surface area contributed by atoms with Gasteiger partial charge in [0.25, 0.3) is 10.2 Å². The Bertz CT molecular complexity index is 1260. The monoisotopic (exact) mass is 447 g/mol. The number of aromatic nitrogens is 2. The van der Waals surface area contributed by atoms with Crippen LogP contribution in [-0.2, 0) is 10.2 Å². The van der Waals surface area contributed by atoms with Crippen LogP contribution in [0.1, 0.15) is 30.7 Å². The van der Waals surface area contributed by atoms with Gasteiger partial charge in [-0.1, -0.05) is 29.8 Å². The molecule has 8 nitrogen and oxygen atoms in total. The molecule has 1 fully saturated rings. The Morgan fingerprint density at radius 2 is 1.93 bits per heavy atom. The molecule has 0 radical (unpaired) electrons. The summed E-state index contributed by atoms with van der Waals surface area (Å²) >= 11 is 6.37. The molecule has 2 aromatic carbocycles. The number of nitrogens with two attached hydrogens (primary N) is 1. The van der Waals surface area contributed by atoms with Gasteiger partial charge in [0, 0.05) is 18.5 Å². The van der Waals surface area contributed by atoms with Crippen molar-refractivity contribution in [3.05, 3.63) is 63.5 Å². The molecule has 0 spiro atoms. The molecule has 0 atom stereocenters. The van der Waals surface area contributed by atoms with Crippen molar-refractivity contribution in [1.82, 2.24) is 14.3 Å². The molecule has 1 saturated carbocycles. The molecule has 0 saturated heterocycles. The van der Waals surface area contributed by atoms with Crippen LogP contribution >= 0.6 is 11.6 Å². The maximum Gasteiger partial charge on any atom is 0.354 e. The molecule has 1 aliphatic carbocycles. The molecule has 4 N–H and O–H groups in total. The second kappa shape index (κ2) is 8.35. The average molecular weight is 448 g/mol. The topological polar surface area (TPSA) is 119 Å². The van der Waals surface area contributed by atoms with Gasteiger partial charge in [0.1, 0.15) is 5.82 Å². The van der Waals surface area contributed by atoms with E-state index < -0.39 is 15.9 Å². The summed E-state index contributed by atoms with van der Waals surface area (Å²) in [5.41, 5.74) is 2.07. The standard InChI is InChI=1S/C20H22ClN5O3S/c21-16-4-1-2-5-17(16)26-18-12-14(13-6-7-13)8-9-15(18)19(25-20(26)27)23-10-3-11-24-30(22,28)29/h1-2,4-5,8-9,12-13,24H,3,6-7,10-11H2,(H2,22,28,29)(H,23,25,27). The van der Waals surface area contributed by atoms with Crippen molar-refractivity contribution in [2.24, 2.45) is 5.14 Å². The summed E-state index contributed by atoms with van der Waals surface area (Å²) in [5.74, 6) is 0.981. The zero-order valence-electron chi connectivity index (χ0n) is 16.1. The lowest BCUT2D eigenvalue weighted by Crippen LogP contribution is -2.32. The second-order valence-corrected chi connectivity index (χ2v) is 9.09. The van der Waals surface area contributed by atoms with Crippen LogP contribution in [0, 0.1) is 0 Å². The molecule has 0 unspecified atom stereocenters. The van der Waals surface area contributed by atoms with Crippen molar-refractivity contribution >= 4 is 38.5 Å².